The first-order chi connectivity index (χ1) is 9.68. The summed E-state index contributed by atoms with van der Waals surface area (Å²) in [6.45, 7) is 4.35. The normalized spacial score (nSPS) is 22.4. The molecule has 0 spiro atoms. The van der Waals surface area contributed by atoms with Crippen LogP contribution in [0.4, 0.5) is 0 Å². The van der Waals surface area contributed by atoms with Gasteiger partial charge in [-0.25, -0.2) is 0 Å². The smallest absolute Gasteiger partial charge is 0.170 e. The molecule has 1 saturated heterocycles. The van der Waals surface area contributed by atoms with Crippen molar-refractivity contribution in [3.63, 3.8) is 0 Å². The highest BCUT2D eigenvalue weighted by atomic mass is 32.1. The summed E-state index contributed by atoms with van der Waals surface area (Å²) in [5.41, 5.74) is 1.04. The SMILES string of the molecule is CC(C)N1C(=S)N[C@H](c2ccccn2)[C@H]1c1cccs1. The predicted molar refractivity (Wildman–Crippen MR) is 86.7 cm³/mol. The van der Waals surface area contributed by atoms with Gasteiger partial charge in [0.2, 0.25) is 0 Å². The van der Waals surface area contributed by atoms with Crippen molar-refractivity contribution in [1.29, 1.82) is 0 Å². The lowest BCUT2D eigenvalue weighted by Gasteiger charge is -2.30. The Morgan fingerprint density at radius 2 is 2.15 bits per heavy atom. The Hall–Kier alpha value is -1.46. The molecular formula is C15H17N3S2. The van der Waals surface area contributed by atoms with Gasteiger partial charge >= 0.3 is 0 Å². The van der Waals surface area contributed by atoms with Crippen LogP contribution in [0.1, 0.15) is 36.5 Å². The van der Waals surface area contributed by atoms with Crippen molar-refractivity contribution in [2.75, 3.05) is 0 Å². The topological polar surface area (TPSA) is 28.2 Å². The molecule has 5 heteroatoms. The van der Waals surface area contributed by atoms with Crippen LogP contribution in [0.3, 0.4) is 0 Å². The number of nitrogens with zero attached hydrogens (tertiary/aromatic N) is 2. The third-order valence-electron chi connectivity index (χ3n) is 3.53. The third-order valence-corrected chi connectivity index (χ3v) is 4.80. The van der Waals surface area contributed by atoms with Crippen molar-refractivity contribution < 1.29 is 0 Å². The molecule has 0 aliphatic carbocycles. The number of thiophene rings is 1. The van der Waals surface area contributed by atoms with E-state index in [0.29, 0.717) is 6.04 Å². The number of rotatable bonds is 3. The van der Waals surface area contributed by atoms with Gasteiger partial charge < -0.3 is 10.2 Å². The number of thiocarbonyl (C=S) groups is 1. The second kappa shape index (κ2) is 5.50. The highest BCUT2D eigenvalue weighted by Gasteiger charge is 2.41. The fourth-order valence-corrected chi connectivity index (χ4v) is 4.00. The van der Waals surface area contributed by atoms with Crippen molar-refractivity contribution >= 4 is 28.7 Å². The Morgan fingerprint density at radius 1 is 1.30 bits per heavy atom. The fraction of sp³-hybridized carbons (Fsp3) is 0.333. The van der Waals surface area contributed by atoms with Gasteiger partial charge in [0.15, 0.2) is 5.11 Å². The van der Waals surface area contributed by atoms with Gasteiger partial charge in [0.25, 0.3) is 0 Å². The van der Waals surface area contributed by atoms with Gasteiger partial charge in [-0.2, -0.15) is 0 Å². The van der Waals surface area contributed by atoms with Gasteiger partial charge in [0.05, 0.1) is 17.8 Å². The number of pyridine rings is 1. The van der Waals surface area contributed by atoms with Crippen LogP contribution < -0.4 is 5.32 Å². The zero-order valence-electron chi connectivity index (χ0n) is 11.5. The highest BCUT2D eigenvalue weighted by Crippen LogP contribution is 2.41. The van der Waals surface area contributed by atoms with Gasteiger partial charge in [-0.05, 0) is 49.6 Å². The zero-order chi connectivity index (χ0) is 14.1. The molecule has 0 aromatic carbocycles. The summed E-state index contributed by atoms with van der Waals surface area (Å²) < 4.78 is 0. The van der Waals surface area contributed by atoms with Crippen LogP contribution >= 0.6 is 23.6 Å². The minimum absolute atomic E-state index is 0.116. The minimum atomic E-state index is 0.116. The molecule has 0 unspecified atom stereocenters. The van der Waals surface area contributed by atoms with Crippen LogP contribution in [0, 0.1) is 0 Å². The minimum Gasteiger partial charge on any atom is -0.352 e. The summed E-state index contributed by atoms with van der Waals surface area (Å²) in [4.78, 5) is 8.10. The van der Waals surface area contributed by atoms with Crippen LogP contribution in [0.15, 0.2) is 41.9 Å². The average molecular weight is 303 g/mol. The van der Waals surface area contributed by atoms with Gasteiger partial charge in [-0.3, -0.25) is 4.98 Å². The molecule has 3 nitrogen and oxygen atoms in total. The molecule has 1 aliphatic rings. The van der Waals surface area contributed by atoms with E-state index in [-0.39, 0.29) is 12.1 Å². The molecular weight excluding hydrogens is 286 g/mol. The lowest BCUT2D eigenvalue weighted by Crippen LogP contribution is -2.35. The quantitative estimate of drug-likeness (QED) is 0.878. The van der Waals surface area contributed by atoms with Gasteiger partial charge in [0, 0.05) is 17.1 Å². The van der Waals surface area contributed by atoms with Crippen molar-refractivity contribution in [3.8, 4) is 0 Å². The van der Waals surface area contributed by atoms with E-state index in [9.17, 15) is 0 Å². The molecule has 104 valence electrons. The summed E-state index contributed by atoms with van der Waals surface area (Å²) in [5.74, 6) is 0. The van der Waals surface area contributed by atoms with E-state index in [0.717, 1.165) is 10.8 Å². The Balaban J connectivity index is 2.03. The molecule has 2 aromatic heterocycles. The molecule has 3 heterocycles. The molecule has 2 atom stereocenters. The molecule has 0 saturated carbocycles. The largest absolute Gasteiger partial charge is 0.352 e. The molecule has 0 bridgehead atoms. The monoisotopic (exact) mass is 303 g/mol. The zero-order valence-corrected chi connectivity index (χ0v) is 13.1. The van der Waals surface area contributed by atoms with E-state index in [2.05, 4.69) is 52.6 Å². The van der Waals surface area contributed by atoms with Gasteiger partial charge in [-0.15, -0.1) is 11.3 Å². The second-order valence-corrected chi connectivity index (χ2v) is 6.51. The van der Waals surface area contributed by atoms with Crippen LogP contribution in [0.5, 0.6) is 0 Å². The van der Waals surface area contributed by atoms with Crippen molar-refractivity contribution in [3.05, 3.63) is 52.5 Å². The van der Waals surface area contributed by atoms with Gasteiger partial charge in [-0.1, -0.05) is 12.1 Å². The molecule has 3 rings (SSSR count). The number of hydrogen-bond acceptors (Lipinski definition) is 3. The van der Waals surface area contributed by atoms with E-state index in [1.165, 1.54) is 4.88 Å². The van der Waals surface area contributed by atoms with Crippen molar-refractivity contribution in [1.82, 2.24) is 15.2 Å². The number of nitrogens with one attached hydrogen (secondary N) is 1. The summed E-state index contributed by atoms with van der Waals surface area (Å²) in [6, 6.07) is 11.0. The first kappa shape index (κ1) is 13.5. The molecule has 20 heavy (non-hydrogen) atoms. The molecule has 0 amide bonds. The molecule has 0 radical (unpaired) electrons. The fourth-order valence-electron chi connectivity index (χ4n) is 2.69. The lowest BCUT2D eigenvalue weighted by atomic mass is 10.0. The number of aromatic nitrogens is 1. The first-order valence-electron chi connectivity index (χ1n) is 6.71. The first-order valence-corrected chi connectivity index (χ1v) is 8.00. The van der Waals surface area contributed by atoms with Crippen molar-refractivity contribution in [2.45, 2.75) is 32.0 Å². The van der Waals surface area contributed by atoms with Crippen LogP contribution in [0.2, 0.25) is 0 Å². The molecule has 1 fully saturated rings. The second-order valence-electron chi connectivity index (χ2n) is 5.14. The number of hydrogen-bond donors (Lipinski definition) is 1. The highest BCUT2D eigenvalue weighted by molar-refractivity contribution is 7.80. The lowest BCUT2D eigenvalue weighted by molar-refractivity contribution is 0.273. The maximum Gasteiger partial charge on any atom is 0.170 e. The van der Waals surface area contributed by atoms with Crippen LogP contribution in [0.25, 0.3) is 0 Å². The summed E-state index contributed by atoms with van der Waals surface area (Å²) in [6.07, 6.45) is 1.84. The standard InChI is InChI=1S/C15H17N3S2/c1-10(2)18-14(12-7-5-9-20-12)13(17-15(18)19)11-6-3-4-8-16-11/h3-10,13-14H,1-2H3,(H,17,19)/t13-,14-/m1/s1. The predicted octanol–water partition coefficient (Wildman–Crippen LogP) is 3.52. The third kappa shape index (κ3) is 2.31. The van der Waals surface area contributed by atoms with E-state index < -0.39 is 0 Å². The van der Waals surface area contributed by atoms with Crippen molar-refractivity contribution in [2.24, 2.45) is 0 Å². The summed E-state index contributed by atoms with van der Waals surface area (Å²) >= 11 is 7.31. The van der Waals surface area contributed by atoms with Crippen LogP contribution in [-0.4, -0.2) is 21.0 Å². The van der Waals surface area contributed by atoms with E-state index in [1.807, 2.05) is 18.3 Å². The molecule has 2 aromatic rings. The Labute approximate surface area is 128 Å². The van der Waals surface area contributed by atoms with Gasteiger partial charge in [0.1, 0.15) is 0 Å². The van der Waals surface area contributed by atoms with E-state index in [4.69, 9.17) is 12.2 Å². The molecule has 1 N–H and O–H groups in total. The summed E-state index contributed by atoms with van der Waals surface area (Å²) in [7, 11) is 0. The van der Waals surface area contributed by atoms with Crippen LogP contribution in [-0.2, 0) is 0 Å². The molecule has 1 aliphatic heterocycles. The maximum atomic E-state index is 5.54. The summed E-state index contributed by atoms with van der Waals surface area (Å²) in [5, 5.41) is 6.37. The Bertz CT molecular complexity index is 580. The Kier molecular flexibility index (Phi) is 3.72. The average Bonchev–Trinajstić information content (AvgIpc) is 3.06. The van der Waals surface area contributed by atoms with E-state index in [1.54, 1.807) is 11.3 Å². The maximum absolute atomic E-state index is 5.54. The van der Waals surface area contributed by atoms with E-state index >= 15 is 0 Å². The Morgan fingerprint density at radius 3 is 2.75 bits per heavy atom.